The molecule has 0 aromatic rings. The van der Waals surface area contributed by atoms with Crippen molar-refractivity contribution in [2.45, 2.75) is 110 Å². The third kappa shape index (κ3) is 45.3. The quantitative estimate of drug-likeness (QED) is 0.452. The van der Waals surface area contributed by atoms with E-state index < -0.39 is 5.97 Å². The molecular formula is C25H52O5. The smallest absolute Gasteiger partial charge is 0.306 e. The lowest BCUT2D eigenvalue weighted by atomic mass is 9.99. The number of carboxylic acid groups (broad SMARTS) is 1. The molecule has 0 heterocycles. The minimum absolute atomic E-state index is 0. The summed E-state index contributed by atoms with van der Waals surface area (Å²) < 4.78 is 0. The maximum atomic E-state index is 10.3. The second kappa shape index (κ2) is 23.8. The average molecular weight is 433 g/mol. The number of Topliss-reactive ketones (excluding diaryl/α,β-unsaturated/α-hetero) is 3. The van der Waals surface area contributed by atoms with Gasteiger partial charge in [0, 0.05) is 18.8 Å². The monoisotopic (exact) mass is 432 g/mol. The van der Waals surface area contributed by atoms with E-state index in [9.17, 15) is 19.2 Å². The molecule has 0 rings (SSSR count). The Hall–Kier alpha value is -1.52. The van der Waals surface area contributed by atoms with E-state index in [1.165, 1.54) is 0 Å². The number of ketones is 3. The molecule has 0 saturated heterocycles. The first-order valence-corrected chi connectivity index (χ1v) is 10.7. The first kappa shape index (κ1) is 39.0. The molecule has 0 aromatic heterocycles. The zero-order valence-electron chi connectivity index (χ0n) is 21.1. The molecule has 182 valence electrons. The van der Waals surface area contributed by atoms with Crippen molar-refractivity contribution in [2.24, 2.45) is 29.6 Å². The molecule has 0 aromatic carbocycles. The van der Waals surface area contributed by atoms with Crippen LogP contribution in [0.2, 0.25) is 0 Å². The second-order valence-electron chi connectivity index (χ2n) is 9.07. The molecule has 0 aliphatic carbocycles. The summed E-state index contributed by atoms with van der Waals surface area (Å²) in [5.74, 6) is 1.58. The molecule has 0 aliphatic heterocycles. The van der Waals surface area contributed by atoms with Gasteiger partial charge in [0.2, 0.25) is 0 Å². The SMILES string of the molecule is C.CC(=O)C(C)C.CC(=O)CC(C)C.CC(=O)CCC(C)C.CC(C)C(C)C(=O)O. The molecule has 0 fully saturated rings. The van der Waals surface area contributed by atoms with Gasteiger partial charge in [-0.05, 0) is 44.9 Å². The van der Waals surface area contributed by atoms with Crippen molar-refractivity contribution in [3.05, 3.63) is 0 Å². The summed E-state index contributed by atoms with van der Waals surface area (Å²) in [6.45, 7) is 22.5. The zero-order valence-corrected chi connectivity index (χ0v) is 21.1. The molecule has 0 saturated carbocycles. The lowest BCUT2D eigenvalue weighted by Gasteiger charge is -2.07. The van der Waals surface area contributed by atoms with Crippen molar-refractivity contribution < 1.29 is 24.3 Å². The van der Waals surface area contributed by atoms with Gasteiger partial charge in [0.05, 0.1) is 5.92 Å². The predicted octanol–water partition coefficient (Wildman–Crippen LogP) is 6.86. The van der Waals surface area contributed by atoms with Gasteiger partial charge in [-0.2, -0.15) is 0 Å². The van der Waals surface area contributed by atoms with Crippen LogP contribution >= 0.6 is 0 Å². The summed E-state index contributed by atoms with van der Waals surface area (Å²) in [5.41, 5.74) is 0. The third-order valence-corrected chi connectivity index (χ3v) is 3.97. The van der Waals surface area contributed by atoms with Gasteiger partial charge >= 0.3 is 5.97 Å². The molecule has 5 heteroatoms. The Morgan fingerprint density at radius 1 is 0.700 bits per heavy atom. The van der Waals surface area contributed by atoms with Gasteiger partial charge < -0.3 is 14.7 Å². The molecule has 0 amide bonds. The van der Waals surface area contributed by atoms with Gasteiger partial charge in [-0.1, -0.05) is 69.7 Å². The van der Waals surface area contributed by atoms with Crippen LogP contribution in [0.3, 0.4) is 0 Å². The van der Waals surface area contributed by atoms with Gasteiger partial charge in [0.25, 0.3) is 0 Å². The standard InChI is InChI=1S/C7H14O.C6H12O2.C6H12O.C5H10O.CH4/c1-6(2)4-5-7(3)8;1-4(2)5(3)6(7)8;1-5(2)4-6(3)7;1-4(2)5(3)6;/h6H,4-5H2,1-3H3;4-5H,1-3H3,(H,7,8);5H,4H2,1-3H3;4H,1-3H3;1H4. The number of carbonyl (C=O) groups excluding carboxylic acids is 3. The Morgan fingerprint density at radius 2 is 1.07 bits per heavy atom. The fourth-order valence-corrected chi connectivity index (χ4v) is 1.35. The van der Waals surface area contributed by atoms with Crippen LogP contribution < -0.4 is 0 Å². The molecule has 5 nitrogen and oxygen atoms in total. The third-order valence-electron chi connectivity index (χ3n) is 3.97. The topological polar surface area (TPSA) is 88.5 Å². The molecule has 0 spiro atoms. The molecule has 1 N–H and O–H groups in total. The van der Waals surface area contributed by atoms with E-state index in [1.54, 1.807) is 27.7 Å². The van der Waals surface area contributed by atoms with Crippen LogP contribution in [0.5, 0.6) is 0 Å². The summed E-state index contributed by atoms with van der Waals surface area (Å²) in [6.07, 6.45) is 2.51. The van der Waals surface area contributed by atoms with Crippen LogP contribution in [0.4, 0.5) is 0 Å². The molecule has 1 unspecified atom stereocenters. The van der Waals surface area contributed by atoms with Crippen molar-refractivity contribution in [3.63, 3.8) is 0 Å². The summed E-state index contributed by atoms with van der Waals surface area (Å²) in [4.78, 5) is 40.9. The van der Waals surface area contributed by atoms with Gasteiger partial charge in [-0.25, -0.2) is 0 Å². The number of rotatable bonds is 8. The van der Waals surface area contributed by atoms with Gasteiger partial charge in [-0.3, -0.25) is 9.59 Å². The van der Waals surface area contributed by atoms with Gasteiger partial charge in [0.15, 0.2) is 0 Å². The van der Waals surface area contributed by atoms with Crippen LogP contribution in [-0.2, 0) is 19.2 Å². The Bertz CT molecular complexity index is 448. The molecule has 30 heavy (non-hydrogen) atoms. The number of hydrogen-bond donors (Lipinski definition) is 1. The fraction of sp³-hybridized carbons (Fsp3) is 0.840. The summed E-state index contributed by atoms with van der Waals surface area (Å²) in [5, 5.41) is 8.35. The number of hydrogen-bond acceptors (Lipinski definition) is 4. The minimum Gasteiger partial charge on any atom is -0.481 e. The Kier molecular flexibility index (Phi) is 30.9. The van der Waals surface area contributed by atoms with E-state index in [2.05, 4.69) is 13.8 Å². The lowest BCUT2D eigenvalue weighted by molar-refractivity contribution is -0.142. The number of carboxylic acids is 1. The maximum Gasteiger partial charge on any atom is 0.306 e. The molecule has 0 aliphatic rings. The van der Waals surface area contributed by atoms with Crippen LogP contribution in [0, 0.1) is 29.6 Å². The van der Waals surface area contributed by atoms with E-state index in [1.807, 2.05) is 41.5 Å². The first-order valence-electron chi connectivity index (χ1n) is 10.7. The Labute approximate surface area is 187 Å². The van der Waals surface area contributed by atoms with Crippen molar-refractivity contribution in [1.82, 2.24) is 0 Å². The summed E-state index contributed by atoms with van der Waals surface area (Å²) >= 11 is 0. The Balaban J connectivity index is -0.0000000921. The van der Waals surface area contributed by atoms with Crippen LogP contribution in [0.25, 0.3) is 0 Å². The second-order valence-corrected chi connectivity index (χ2v) is 9.07. The molecular weight excluding hydrogens is 380 g/mol. The Morgan fingerprint density at radius 3 is 1.10 bits per heavy atom. The van der Waals surface area contributed by atoms with Crippen molar-refractivity contribution in [3.8, 4) is 0 Å². The highest BCUT2D eigenvalue weighted by molar-refractivity contribution is 5.77. The summed E-state index contributed by atoms with van der Waals surface area (Å²) in [6, 6.07) is 0. The van der Waals surface area contributed by atoms with E-state index in [4.69, 9.17) is 5.11 Å². The van der Waals surface area contributed by atoms with Crippen LogP contribution in [-0.4, -0.2) is 28.4 Å². The van der Waals surface area contributed by atoms with Crippen molar-refractivity contribution in [2.75, 3.05) is 0 Å². The lowest BCUT2D eigenvalue weighted by Crippen LogP contribution is -2.15. The highest BCUT2D eigenvalue weighted by atomic mass is 16.4. The first-order chi connectivity index (χ1) is 12.9. The normalized spacial score (nSPS) is 10.5. The molecule has 0 bridgehead atoms. The van der Waals surface area contributed by atoms with Crippen molar-refractivity contribution in [1.29, 1.82) is 0 Å². The van der Waals surface area contributed by atoms with Crippen molar-refractivity contribution >= 4 is 23.3 Å². The molecule has 1 atom stereocenters. The molecule has 0 radical (unpaired) electrons. The van der Waals surface area contributed by atoms with E-state index in [0.29, 0.717) is 17.6 Å². The summed E-state index contributed by atoms with van der Waals surface area (Å²) in [7, 11) is 0. The van der Waals surface area contributed by atoms with Crippen LogP contribution in [0.1, 0.15) is 110 Å². The fourth-order valence-electron chi connectivity index (χ4n) is 1.35. The van der Waals surface area contributed by atoms with E-state index in [0.717, 1.165) is 19.3 Å². The number of aliphatic carboxylic acids is 1. The average Bonchev–Trinajstić information content (AvgIpc) is 2.52. The van der Waals surface area contributed by atoms with Gasteiger partial charge in [0.1, 0.15) is 17.3 Å². The van der Waals surface area contributed by atoms with Gasteiger partial charge in [-0.15, -0.1) is 0 Å². The predicted molar refractivity (Wildman–Crippen MR) is 129 cm³/mol. The largest absolute Gasteiger partial charge is 0.481 e. The zero-order chi connectivity index (χ0) is 24.3. The van der Waals surface area contributed by atoms with E-state index in [-0.39, 0.29) is 36.7 Å². The highest BCUT2D eigenvalue weighted by Gasteiger charge is 2.13. The number of carbonyl (C=O) groups is 4. The minimum atomic E-state index is -0.708. The van der Waals surface area contributed by atoms with Crippen LogP contribution in [0.15, 0.2) is 0 Å². The maximum absolute atomic E-state index is 10.3. The van der Waals surface area contributed by atoms with E-state index >= 15 is 0 Å². The highest BCUT2D eigenvalue weighted by Crippen LogP contribution is 2.08.